The SMILES string of the molecule is CO[N+](CCCOC(C)=O)(OC)OC. The van der Waals surface area contributed by atoms with E-state index in [1.165, 1.54) is 28.3 Å². The molecule has 0 N–H and O–H groups in total. The molecular formula is C8H18NO5+. The Hall–Kier alpha value is -0.690. The van der Waals surface area contributed by atoms with Gasteiger partial charge < -0.3 is 4.74 Å². The third-order valence-corrected chi connectivity index (χ3v) is 1.72. The largest absolute Gasteiger partial charge is 0.466 e. The molecule has 0 spiro atoms. The highest BCUT2D eigenvalue weighted by Crippen LogP contribution is 2.08. The molecule has 0 saturated carbocycles. The first-order valence-corrected chi connectivity index (χ1v) is 4.29. The second-order valence-electron chi connectivity index (χ2n) is 2.58. The molecule has 0 aromatic heterocycles. The van der Waals surface area contributed by atoms with Gasteiger partial charge >= 0.3 is 5.97 Å². The normalized spacial score (nSPS) is 11.4. The molecular weight excluding hydrogens is 190 g/mol. The fraction of sp³-hybridized carbons (Fsp3) is 0.875. The van der Waals surface area contributed by atoms with Crippen molar-refractivity contribution in [3.05, 3.63) is 0 Å². The van der Waals surface area contributed by atoms with E-state index in [4.69, 9.17) is 19.2 Å². The number of ether oxygens (including phenoxy) is 1. The van der Waals surface area contributed by atoms with Crippen LogP contribution in [0.25, 0.3) is 0 Å². The van der Waals surface area contributed by atoms with Gasteiger partial charge in [0.05, 0.1) is 11.6 Å². The summed E-state index contributed by atoms with van der Waals surface area (Å²) in [5, 5.41) is 0. The summed E-state index contributed by atoms with van der Waals surface area (Å²) in [6, 6.07) is 0. The van der Waals surface area contributed by atoms with Crippen molar-refractivity contribution in [1.82, 2.24) is 0 Å². The van der Waals surface area contributed by atoms with E-state index < -0.39 is 0 Å². The third kappa shape index (κ3) is 4.52. The molecule has 0 bridgehead atoms. The van der Waals surface area contributed by atoms with E-state index in [0.717, 1.165) is 0 Å². The fourth-order valence-electron chi connectivity index (χ4n) is 0.972. The average molecular weight is 208 g/mol. The quantitative estimate of drug-likeness (QED) is 0.263. The molecule has 0 rings (SSSR count). The molecule has 0 aromatic rings. The van der Waals surface area contributed by atoms with Gasteiger partial charge in [0.25, 0.3) is 0 Å². The fourth-order valence-corrected chi connectivity index (χ4v) is 0.972. The summed E-state index contributed by atoms with van der Waals surface area (Å²) in [6.45, 7) is 2.13. The Balaban J connectivity index is 3.77. The zero-order valence-electron chi connectivity index (χ0n) is 9.11. The summed E-state index contributed by atoms with van der Waals surface area (Å²) in [6.07, 6.45) is 0.592. The van der Waals surface area contributed by atoms with Crippen LogP contribution in [0.1, 0.15) is 13.3 Å². The molecule has 0 fully saturated rings. The number of hydroxylamine groups is 3. The van der Waals surface area contributed by atoms with Crippen molar-refractivity contribution < 1.29 is 29.0 Å². The Morgan fingerprint density at radius 1 is 1.14 bits per heavy atom. The number of esters is 1. The molecule has 0 aliphatic rings. The highest BCUT2D eigenvalue weighted by atomic mass is 17.2. The number of nitrogens with zero attached hydrogens (tertiary/aromatic N) is 1. The maximum atomic E-state index is 10.5. The lowest BCUT2D eigenvalue weighted by Gasteiger charge is -2.24. The lowest BCUT2D eigenvalue weighted by atomic mass is 10.4. The average Bonchev–Trinajstić information content (AvgIpc) is 2.19. The summed E-state index contributed by atoms with van der Waals surface area (Å²) in [5.74, 6) is -0.296. The van der Waals surface area contributed by atoms with E-state index in [0.29, 0.717) is 19.6 Å². The van der Waals surface area contributed by atoms with Crippen LogP contribution in [0.15, 0.2) is 0 Å². The predicted octanol–water partition coefficient (Wildman–Crippen LogP) is 0.441. The van der Waals surface area contributed by atoms with Crippen LogP contribution in [0.3, 0.4) is 0 Å². The van der Waals surface area contributed by atoms with E-state index in [9.17, 15) is 4.79 Å². The van der Waals surface area contributed by atoms with Gasteiger partial charge in [-0.05, 0) is 0 Å². The van der Waals surface area contributed by atoms with Crippen LogP contribution in [0.5, 0.6) is 0 Å². The molecule has 0 saturated heterocycles. The van der Waals surface area contributed by atoms with E-state index in [1.54, 1.807) is 0 Å². The molecule has 0 aliphatic heterocycles. The number of carbonyl (C=O) groups excluding carboxylic acids is 1. The topological polar surface area (TPSA) is 54.0 Å². The molecule has 6 nitrogen and oxygen atoms in total. The second kappa shape index (κ2) is 6.72. The Morgan fingerprint density at radius 3 is 2.00 bits per heavy atom. The number of hydrogen-bond acceptors (Lipinski definition) is 5. The van der Waals surface area contributed by atoms with Crippen molar-refractivity contribution in [2.24, 2.45) is 0 Å². The summed E-state index contributed by atoms with van der Waals surface area (Å²) in [4.78, 5) is 25.1. The number of quaternary nitrogens is 1. The van der Waals surface area contributed by atoms with Crippen molar-refractivity contribution in [1.29, 1.82) is 0 Å². The van der Waals surface area contributed by atoms with Crippen molar-refractivity contribution in [2.75, 3.05) is 34.5 Å². The molecule has 6 heteroatoms. The summed E-state index contributed by atoms with van der Waals surface area (Å²) < 4.78 is 4.76. The highest BCUT2D eigenvalue weighted by molar-refractivity contribution is 5.65. The highest BCUT2D eigenvalue weighted by Gasteiger charge is 2.29. The zero-order valence-corrected chi connectivity index (χ0v) is 9.11. The molecule has 0 heterocycles. The molecule has 0 radical (unpaired) electrons. The Morgan fingerprint density at radius 2 is 1.64 bits per heavy atom. The van der Waals surface area contributed by atoms with Crippen LogP contribution in [0.4, 0.5) is 0 Å². The van der Waals surface area contributed by atoms with Crippen molar-refractivity contribution in [3.8, 4) is 0 Å². The second-order valence-corrected chi connectivity index (χ2v) is 2.58. The lowest BCUT2D eigenvalue weighted by molar-refractivity contribution is -1.36. The van der Waals surface area contributed by atoms with Crippen LogP contribution in [-0.4, -0.2) is 45.4 Å². The minimum atomic E-state index is -0.374. The van der Waals surface area contributed by atoms with E-state index in [1.807, 2.05) is 0 Å². The maximum absolute atomic E-state index is 10.5. The Bertz CT molecular complexity index is 161. The van der Waals surface area contributed by atoms with Crippen LogP contribution >= 0.6 is 0 Å². The molecule has 0 aromatic carbocycles. The third-order valence-electron chi connectivity index (χ3n) is 1.72. The predicted molar refractivity (Wildman–Crippen MR) is 47.4 cm³/mol. The molecule has 0 aliphatic carbocycles. The van der Waals surface area contributed by atoms with Crippen LogP contribution in [0.2, 0.25) is 0 Å². The smallest absolute Gasteiger partial charge is 0.302 e. The summed E-state index contributed by atoms with van der Waals surface area (Å²) >= 11 is 0. The van der Waals surface area contributed by atoms with Gasteiger partial charge in [0, 0.05) is 13.3 Å². The van der Waals surface area contributed by atoms with Crippen molar-refractivity contribution >= 4 is 5.97 Å². The molecule has 84 valence electrons. The van der Waals surface area contributed by atoms with Gasteiger partial charge in [-0.3, -0.25) is 4.79 Å². The Kier molecular flexibility index (Phi) is 6.39. The number of rotatable bonds is 7. The minimum Gasteiger partial charge on any atom is -0.466 e. The first-order chi connectivity index (χ1) is 6.60. The molecule has 0 unspecified atom stereocenters. The first kappa shape index (κ1) is 13.3. The van der Waals surface area contributed by atoms with Crippen molar-refractivity contribution in [3.63, 3.8) is 0 Å². The number of hydrogen-bond donors (Lipinski definition) is 0. The Labute approximate surface area is 83.7 Å². The van der Waals surface area contributed by atoms with Gasteiger partial charge in [0.15, 0.2) is 6.54 Å². The van der Waals surface area contributed by atoms with Crippen LogP contribution in [-0.2, 0) is 24.0 Å². The van der Waals surface area contributed by atoms with Gasteiger partial charge in [-0.1, -0.05) is 0 Å². The zero-order chi connectivity index (χ0) is 11.0. The molecule has 0 atom stereocenters. The first-order valence-electron chi connectivity index (χ1n) is 4.29. The summed E-state index contributed by atoms with van der Waals surface area (Å²) in [7, 11) is 4.41. The summed E-state index contributed by atoms with van der Waals surface area (Å²) in [5.41, 5.74) is 0. The van der Waals surface area contributed by atoms with E-state index in [2.05, 4.69) is 0 Å². The van der Waals surface area contributed by atoms with E-state index >= 15 is 0 Å². The molecule has 14 heavy (non-hydrogen) atoms. The minimum absolute atomic E-state index is 0.296. The molecule has 0 amide bonds. The maximum Gasteiger partial charge on any atom is 0.302 e. The number of carbonyl (C=O) groups is 1. The van der Waals surface area contributed by atoms with Crippen molar-refractivity contribution in [2.45, 2.75) is 13.3 Å². The lowest BCUT2D eigenvalue weighted by Crippen LogP contribution is -2.45. The van der Waals surface area contributed by atoms with E-state index in [-0.39, 0.29) is 10.9 Å². The van der Waals surface area contributed by atoms with Gasteiger partial charge in [-0.25, -0.2) is 0 Å². The van der Waals surface area contributed by atoms with Gasteiger partial charge in [0.2, 0.25) is 0 Å². The van der Waals surface area contributed by atoms with Gasteiger partial charge in [-0.2, -0.15) is 0 Å². The standard InChI is InChI=1S/C8H18NO5/c1-8(10)14-7-5-6-9(11-2,12-3)13-4/h5-7H2,1-4H3/q+1. The van der Waals surface area contributed by atoms with Gasteiger partial charge in [0.1, 0.15) is 21.3 Å². The monoisotopic (exact) mass is 208 g/mol. The van der Waals surface area contributed by atoms with Gasteiger partial charge in [-0.15, -0.1) is 14.5 Å². The van der Waals surface area contributed by atoms with Crippen LogP contribution < -0.4 is 0 Å². The van der Waals surface area contributed by atoms with Crippen LogP contribution in [0, 0.1) is 0 Å².